The molecule has 0 heterocycles. The molecule has 1 aliphatic carbocycles. The maximum Gasteiger partial charge on any atom is 0.0807 e. The third-order valence-corrected chi connectivity index (χ3v) is 4.09. The summed E-state index contributed by atoms with van der Waals surface area (Å²) in [4.78, 5) is 0. The smallest absolute Gasteiger partial charge is 0.0807 e. The van der Waals surface area contributed by atoms with Gasteiger partial charge in [-0.3, -0.25) is 0 Å². The molecule has 120 valence electrons. The Labute approximate surface area is 124 Å². The van der Waals surface area contributed by atoms with Crippen LogP contribution in [0, 0.1) is 5.92 Å². The summed E-state index contributed by atoms with van der Waals surface area (Å²) in [5, 5.41) is 3.55. The summed E-state index contributed by atoms with van der Waals surface area (Å²) in [5.74, 6) is 0.837. The van der Waals surface area contributed by atoms with Crippen molar-refractivity contribution in [2.45, 2.75) is 58.1 Å². The van der Waals surface area contributed by atoms with Gasteiger partial charge in [-0.2, -0.15) is 0 Å². The average molecular weight is 287 g/mol. The highest BCUT2D eigenvalue weighted by atomic mass is 16.5. The van der Waals surface area contributed by atoms with Crippen molar-refractivity contribution in [3.8, 4) is 0 Å². The fourth-order valence-electron chi connectivity index (χ4n) is 2.61. The number of hydrogen-bond donors (Lipinski definition) is 1. The normalized spacial score (nSPS) is 27.1. The van der Waals surface area contributed by atoms with Gasteiger partial charge in [-0.15, -0.1) is 0 Å². The fourth-order valence-corrected chi connectivity index (χ4v) is 2.61. The van der Waals surface area contributed by atoms with Crippen LogP contribution in [0.4, 0.5) is 0 Å². The van der Waals surface area contributed by atoms with Crippen LogP contribution >= 0.6 is 0 Å². The lowest BCUT2D eigenvalue weighted by Gasteiger charge is -2.40. The zero-order valence-electron chi connectivity index (χ0n) is 13.7. The van der Waals surface area contributed by atoms with E-state index in [1.54, 1.807) is 7.11 Å². The number of rotatable bonds is 10. The van der Waals surface area contributed by atoms with Crippen LogP contribution < -0.4 is 5.32 Å². The van der Waals surface area contributed by atoms with Crippen molar-refractivity contribution < 1.29 is 14.2 Å². The van der Waals surface area contributed by atoms with Gasteiger partial charge in [0.2, 0.25) is 0 Å². The molecule has 0 aliphatic heterocycles. The lowest BCUT2D eigenvalue weighted by molar-refractivity contribution is -0.0942. The summed E-state index contributed by atoms with van der Waals surface area (Å²) in [7, 11) is 1.69. The van der Waals surface area contributed by atoms with Gasteiger partial charge < -0.3 is 19.5 Å². The van der Waals surface area contributed by atoms with Crippen LogP contribution in [0.25, 0.3) is 0 Å². The second-order valence-corrected chi connectivity index (χ2v) is 6.35. The summed E-state index contributed by atoms with van der Waals surface area (Å²) in [6.07, 6.45) is 4.85. The number of hydrogen-bond acceptors (Lipinski definition) is 4. The van der Waals surface area contributed by atoms with E-state index >= 15 is 0 Å². The lowest BCUT2D eigenvalue weighted by atomic mass is 9.79. The van der Waals surface area contributed by atoms with Crippen LogP contribution in [-0.4, -0.2) is 51.7 Å². The van der Waals surface area contributed by atoms with Gasteiger partial charge in [0.1, 0.15) is 0 Å². The Morgan fingerprint density at radius 3 is 2.35 bits per heavy atom. The number of ether oxygens (including phenoxy) is 3. The summed E-state index contributed by atoms with van der Waals surface area (Å²) in [5.41, 5.74) is 0.0153. The van der Waals surface area contributed by atoms with E-state index in [2.05, 4.69) is 26.1 Å². The second kappa shape index (κ2) is 9.72. The number of methoxy groups -OCH3 is 1. The molecule has 1 aliphatic rings. The van der Waals surface area contributed by atoms with Gasteiger partial charge in [0.25, 0.3) is 0 Å². The van der Waals surface area contributed by atoms with Crippen molar-refractivity contribution in [1.82, 2.24) is 5.32 Å². The summed E-state index contributed by atoms with van der Waals surface area (Å²) in [6, 6.07) is 0.507. The standard InChI is InChI=1S/C16H33NO3/c1-14(2)17-13-16(7-5-15(3)6-8-16)20-12-11-19-10-9-18-4/h14-15,17H,5-13H2,1-4H3. The van der Waals surface area contributed by atoms with Crippen LogP contribution in [0.5, 0.6) is 0 Å². The zero-order chi connectivity index (χ0) is 14.8. The Morgan fingerprint density at radius 2 is 1.75 bits per heavy atom. The molecule has 0 aromatic carbocycles. The molecule has 1 saturated carbocycles. The molecule has 0 saturated heterocycles. The SMILES string of the molecule is COCCOCCOC1(CNC(C)C)CCC(C)CC1. The quantitative estimate of drug-likeness (QED) is 0.627. The Morgan fingerprint density at radius 1 is 1.10 bits per heavy atom. The van der Waals surface area contributed by atoms with E-state index in [1.165, 1.54) is 12.8 Å². The van der Waals surface area contributed by atoms with Crippen molar-refractivity contribution in [2.75, 3.05) is 40.1 Å². The Bertz CT molecular complexity index is 238. The molecule has 1 N–H and O–H groups in total. The average Bonchev–Trinajstić information content (AvgIpc) is 2.43. The van der Waals surface area contributed by atoms with Gasteiger partial charge in [-0.1, -0.05) is 20.8 Å². The Hall–Kier alpha value is -0.160. The van der Waals surface area contributed by atoms with Crippen molar-refractivity contribution in [2.24, 2.45) is 5.92 Å². The molecule has 0 unspecified atom stereocenters. The molecular weight excluding hydrogens is 254 g/mol. The van der Waals surface area contributed by atoms with Crippen molar-refractivity contribution in [3.63, 3.8) is 0 Å². The molecular formula is C16H33NO3. The first-order valence-electron chi connectivity index (χ1n) is 8.02. The van der Waals surface area contributed by atoms with E-state index in [9.17, 15) is 0 Å². The highest BCUT2D eigenvalue weighted by Crippen LogP contribution is 2.34. The molecule has 0 bridgehead atoms. The topological polar surface area (TPSA) is 39.7 Å². The molecule has 4 nitrogen and oxygen atoms in total. The van der Waals surface area contributed by atoms with Crippen LogP contribution in [0.1, 0.15) is 46.5 Å². The third kappa shape index (κ3) is 7.02. The molecule has 0 atom stereocenters. The molecule has 0 spiro atoms. The van der Waals surface area contributed by atoms with Gasteiger partial charge in [0, 0.05) is 19.7 Å². The second-order valence-electron chi connectivity index (χ2n) is 6.35. The van der Waals surface area contributed by atoms with E-state index in [0.717, 1.165) is 25.3 Å². The number of nitrogens with one attached hydrogen (secondary N) is 1. The maximum atomic E-state index is 6.22. The van der Waals surface area contributed by atoms with Crippen LogP contribution in [0.3, 0.4) is 0 Å². The lowest BCUT2D eigenvalue weighted by Crippen LogP contribution is -2.48. The molecule has 4 heteroatoms. The molecule has 1 fully saturated rings. The van der Waals surface area contributed by atoms with Gasteiger partial charge in [-0.05, 0) is 31.6 Å². The zero-order valence-corrected chi connectivity index (χ0v) is 13.7. The van der Waals surface area contributed by atoms with Crippen molar-refractivity contribution >= 4 is 0 Å². The third-order valence-electron chi connectivity index (χ3n) is 4.09. The van der Waals surface area contributed by atoms with Gasteiger partial charge in [-0.25, -0.2) is 0 Å². The Kier molecular flexibility index (Phi) is 8.69. The van der Waals surface area contributed by atoms with E-state index in [4.69, 9.17) is 14.2 Å². The van der Waals surface area contributed by atoms with Crippen LogP contribution in [0.2, 0.25) is 0 Å². The highest BCUT2D eigenvalue weighted by Gasteiger charge is 2.34. The summed E-state index contributed by atoms with van der Waals surface area (Å²) < 4.78 is 16.7. The van der Waals surface area contributed by atoms with Crippen molar-refractivity contribution in [3.05, 3.63) is 0 Å². The van der Waals surface area contributed by atoms with E-state index < -0.39 is 0 Å². The summed E-state index contributed by atoms with van der Waals surface area (Å²) in [6.45, 7) is 10.3. The predicted octanol–water partition coefficient (Wildman–Crippen LogP) is 2.61. The maximum absolute atomic E-state index is 6.22. The molecule has 1 rings (SSSR count). The fraction of sp³-hybridized carbons (Fsp3) is 1.00. The largest absolute Gasteiger partial charge is 0.382 e. The Balaban J connectivity index is 2.30. The first kappa shape index (κ1) is 17.9. The van der Waals surface area contributed by atoms with Gasteiger partial charge in [0.15, 0.2) is 0 Å². The first-order valence-corrected chi connectivity index (χ1v) is 8.02. The minimum Gasteiger partial charge on any atom is -0.382 e. The molecule has 0 radical (unpaired) electrons. The van der Waals surface area contributed by atoms with E-state index in [0.29, 0.717) is 32.5 Å². The van der Waals surface area contributed by atoms with Gasteiger partial charge >= 0.3 is 0 Å². The molecule has 0 aromatic rings. The van der Waals surface area contributed by atoms with Crippen LogP contribution in [-0.2, 0) is 14.2 Å². The van der Waals surface area contributed by atoms with Crippen LogP contribution in [0.15, 0.2) is 0 Å². The molecule has 0 amide bonds. The summed E-state index contributed by atoms with van der Waals surface area (Å²) >= 11 is 0. The van der Waals surface area contributed by atoms with Crippen molar-refractivity contribution in [1.29, 1.82) is 0 Å². The highest BCUT2D eigenvalue weighted by molar-refractivity contribution is 4.89. The van der Waals surface area contributed by atoms with E-state index in [1.807, 2.05) is 0 Å². The minimum atomic E-state index is 0.0153. The van der Waals surface area contributed by atoms with E-state index in [-0.39, 0.29) is 5.60 Å². The molecule has 0 aromatic heterocycles. The minimum absolute atomic E-state index is 0.0153. The molecule has 20 heavy (non-hydrogen) atoms. The monoisotopic (exact) mass is 287 g/mol. The predicted molar refractivity (Wildman–Crippen MR) is 82.1 cm³/mol. The van der Waals surface area contributed by atoms with Gasteiger partial charge in [0.05, 0.1) is 32.0 Å². The first-order chi connectivity index (χ1) is 9.58.